The van der Waals surface area contributed by atoms with Crippen molar-refractivity contribution in [3.63, 3.8) is 0 Å². The first-order valence-corrected chi connectivity index (χ1v) is 8.26. The summed E-state index contributed by atoms with van der Waals surface area (Å²) in [5.74, 6) is 0.175. The maximum Gasteiger partial charge on any atom is 0.273 e. The van der Waals surface area contributed by atoms with Gasteiger partial charge in [0.05, 0.1) is 6.04 Å². The van der Waals surface area contributed by atoms with E-state index in [1.807, 2.05) is 6.07 Å². The Balaban J connectivity index is 1.63. The molecule has 1 saturated heterocycles. The summed E-state index contributed by atoms with van der Waals surface area (Å²) in [5, 5.41) is 4.14. The number of pyridine rings is 1. The Hall–Kier alpha value is -3.02. The quantitative estimate of drug-likeness (QED) is 0.737. The number of nitrogens with zero attached hydrogens (tertiary/aromatic N) is 4. The number of rotatable bonds is 3. The molecule has 3 heterocycles. The van der Waals surface area contributed by atoms with Crippen molar-refractivity contribution in [3.05, 3.63) is 78.0 Å². The monoisotopic (exact) mass is 336 g/mol. The molecule has 1 aliphatic rings. The van der Waals surface area contributed by atoms with Crippen LogP contribution in [0.25, 0.3) is 5.82 Å². The lowest BCUT2D eigenvalue weighted by Crippen LogP contribution is -2.31. The van der Waals surface area contributed by atoms with Gasteiger partial charge in [-0.1, -0.05) is 18.2 Å². The van der Waals surface area contributed by atoms with Crippen LogP contribution in [0.4, 0.5) is 4.39 Å². The highest BCUT2D eigenvalue weighted by molar-refractivity contribution is 5.93. The SMILES string of the molecule is O=C(c1cccc(-n2cccn2)n1)N1CCC[C@@H]1c1cccc(F)c1. The van der Waals surface area contributed by atoms with Crippen LogP contribution in [0.15, 0.2) is 60.9 Å². The van der Waals surface area contributed by atoms with E-state index in [1.165, 1.54) is 12.1 Å². The Bertz CT molecular complexity index is 894. The molecule has 5 nitrogen and oxygen atoms in total. The molecule has 6 heteroatoms. The average molecular weight is 336 g/mol. The minimum Gasteiger partial charge on any atom is -0.330 e. The van der Waals surface area contributed by atoms with Crippen LogP contribution >= 0.6 is 0 Å². The van der Waals surface area contributed by atoms with E-state index in [1.54, 1.807) is 52.3 Å². The molecule has 0 bridgehead atoms. The van der Waals surface area contributed by atoms with E-state index in [2.05, 4.69) is 10.1 Å². The van der Waals surface area contributed by atoms with Gasteiger partial charge in [0.15, 0.2) is 5.82 Å². The van der Waals surface area contributed by atoms with Crippen LogP contribution in [-0.2, 0) is 0 Å². The number of carbonyl (C=O) groups excluding carboxylic acids is 1. The van der Waals surface area contributed by atoms with E-state index in [-0.39, 0.29) is 17.8 Å². The highest BCUT2D eigenvalue weighted by Gasteiger charge is 2.31. The Kier molecular flexibility index (Phi) is 4.01. The van der Waals surface area contributed by atoms with Gasteiger partial charge in [0, 0.05) is 18.9 Å². The van der Waals surface area contributed by atoms with Crippen LogP contribution in [0.3, 0.4) is 0 Å². The van der Waals surface area contributed by atoms with Gasteiger partial charge in [0.1, 0.15) is 11.5 Å². The zero-order valence-electron chi connectivity index (χ0n) is 13.5. The molecule has 1 fully saturated rings. The molecule has 1 amide bonds. The van der Waals surface area contributed by atoms with Crippen molar-refractivity contribution in [1.82, 2.24) is 19.7 Å². The molecular formula is C19H17FN4O. The second-order valence-corrected chi connectivity index (χ2v) is 6.04. The third kappa shape index (κ3) is 3.03. The summed E-state index contributed by atoms with van der Waals surface area (Å²) in [6.07, 6.45) is 5.17. The third-order valence-corrected chi connectivity index (χ3v) is 4.44. The first-order valence-electron chi connectivity index (χ1n) is 8.26. The zero-order valence-corrected chi connectivity index (χ0v) is 13.5. The van der Waals surface area contributed by atoms with E-state index in [4.69, 9.17) is 0 Å². The van der Waals surface area contributed by atoms with Gasteiger partial charge in [-0.15, -0.1) is 0 Å². The third-order valence-electron chi connectivity index (χ3n) is 4.44. The molecule has 0 saturated carbocycles. The number of aromatic nitrogens is 3. The van der Waals surface area contributed by atoms with Gasteiger partial charge in [-0.05, 0) is 48.7 Å². The molecule has 4 rings (SSSR count). The highest BCUT2D eigenvalue weighted by Crippen LogP contribution is 2.33. The maximum atomic E-state index is 13.6. The van der Waals surface area contributed by atoms with E-state index in [0.29, 0.717) is 18.1 Å². The number of amides is 1. The fourth-order valence-corrected chi connectivity index (χ4v) is 3.29. The first-order chi connectivity index (χ1) is 12.2. The minimum atomic E-state index is -0.282. The largest absolute Gasteiger partial charge is 0.330 e. The number of hydrogen-bond acceptors (Lipinski definition) is 3. The molecule has 0 spiro atoms. The summed E-state index contributed by atoms with van der Waals surface area (Å²) in [6.45, 7) is 0.647. The molecular weight excluding hydrogens is 319 g/mol. The van der Waals surface area contributed by atoms with Crippen molar-refractivity contribution in [3.8, 4) is 5.82 Å². The van der Waals surface area contributed by atoms with Crippen molar-refractivity contribution in [1.29, 1.82) is 0 Å². The molecule has 1 atom stereocenters. The second kappa shape index (κ2) is 6.47. The van der Waals surface area contributed by atoms with Gasteiger partial charge < -0.3 is 4.90 Å². The lowest BCUT2D eigenvalue weighted by Gasteiger charge is -2.25. The molecule has 1 aliphatic heterocycles. The average Bonchev–Trinajstić information content (AvgIpc) is 3.33. The summed E-state index contributed by atoms with van der Waals surface area (Å²) < 4.78 is 15.2. The molecule has 0 aliphatic carbocycles. The van der Waals surface area contributed by atoms with Crippen LogP contribution in [0.5, 0.6) is 0 Å². The smallest absolute Gasteiger partial charge is 0.273 e. The van der Waals surface area contributed by atoms with Crippen LogP contribution in [-0.4, -0.2) is 32.1 Å². The summed E-state index contributed by atoms with van der Waals surface area (Å²) >= 11 is 0. The second-order valence-electron chi connectivity index (χ2n) is 6.04. The van der Waals surface area contributed by atoms with Gasteiger partial charge in [-0.25, -0.2) is 14.1 Å². The number of benzene rings is 1. The summed E-state index contributed by atoms with van der Waals surface area (Å²) in [7, 11) is 0. The van der Waals surface area contributed by atoms with Crippen molar-refractivity contribution in [2.45, 2.75) is 18.9 Å². The molecule has 25 heavy (non-hydrogen) atoms. The van der Waals surface area contributed by atoms with E-state index in [0.717, 1.165) is 18.4 Å². The topological polar surface area (TPSA) is 51.0 Å². The minimum absolute atomic E-state index is 0.113. The summed E-state index contributed by atoms with van der Waals surface area (Å²) in [6, 6.07) is 13.5. The van der Waals surface area contributed by atoms with Gasteiger partial charge in [-0.2, -0.15) is 5.10 Å². The fraction of sp³-hybridized carbons (Fsp3) is 0.211. The van der Waals surface area contributed by atoms with Gasteiger partial charge >= 0.3 is 0 Å². The Morgan fingerprint density at radius 2 is 2.04 bits per heavy atom. The number of hydrogen-bond donors (Lipinski definition) is 0. The van der Waals surface area contributed by atoms with Crippen molar-refractivity contribution < 1.29 is 9.18 Å². The van der Waals surface area contributed by atoms with E-state index in [9.17, 15) is 9.18 Å². The van der Waals surface area contributed by atoms with Crippen molar-refractivity contribution in [2.24, 2.45) is 0 Å². The number of halogens is 1. The standard InChI is InChI=1S/C19H17FN4O/c20-15-6-1-5-14(13-15)17-8-3-11-23(17)19(25)16-7-2-9-18(22-16)24-12-4-10-21-24/h1-2,4-7,9-10,12-13,17H,3,8,11H2/t17-/m1/s1. The number of likely N-dealkylation sites (tertiary alicyclic amines) is 1. The van der Waals surface area contributed by atoms with Crippen LogP contribution in [0.1, 0.15) is 34.9 Å². The maximum absolute atomic E-state index is 13.6. The van der Waals surface area contributed by atoms with Gasteiger partial charge in [0.25, 0.3) is 5.91 Å². The van der Waals surface area contributed by atoms with Gasteiger partial charge in [-0.3, -0.25) is 4.79 Å². The van der Waals surface area contributed by atoms with Crippen LogP contribution in [0.2, 0.25) is 0 Å². The molecule has 1 aromatic carbocycles. The molecule has 2 aromatic heterocycles. The lowest BCUT2D eigenvalue weighted by molar-refractivity contribution is 0.0729. The normalized spacial score (nSPS) is 17.0. The fourth-order valence-electron chi connectivity index (χ4n) is 3.29. The molecule has 3 aromatic rings. The predicted octanol–water partition coefficient (Wildman–Crippen LogP) is 3.38. The highest BCUT2D eigenvalue weighted by atomic mass is 19.1. The Morgan fingerprint density at radius 3 is 2.84 bits per heavy atom. The Morgan fingerprint density at radius 1 is 1.16 bits per heavy atom. The van der Waals surface area contributed by atoms with E-state index >= 15 is 0 Å². The number of carbonyl (C=O) groups is 1. The van der Waals surface area contributed by atoms with Crippen molar-refractivity contribution >= 4 is 5.91 Å². The van der Waals surface area contributed by atoms with Crippen LogP contribution < -0.4 is 0 Å². The zero-order chi connectivity index (χ0) is 17.2. The van der Waals surface area contributed by atoms with Gasteiger partial charge in [0.2, 0.25) is 0 Å². The molecule has 0 N–H and O–H groups in total. The predicted molar refractivity (Wildman–Crippen MR) is 90.8 cm³/mol. The summed E-state index contributed by atoms with van der Waals surface area (Å²) in [4.78, 5) is 19.2. The van der Waals surface area contributed by atoms with E-state index < -0.39 is 0 Å². The first kappa shape index (κ1) is 15.5. The summed E-state index contributed by atoms with van der Waals surface area (Å²) in [5.41, 5.74) is 1.20. The van der Waals surface area contributed by atoms with Crippen LogP contribution in [0, 0.1) is 5.82 Å². The Labute approximate surface area is 144 Å². The lowest BCUT2D eigenvalue weighted by atomic mass is 10.0. The molecule has 0 radical (unpaired) electrons. The molecule has 126 valence electrons. The van der Waals surface area contributed by atoms with Crippen molar-refractivity contribution in [2.75, 3.05) is 6.54 Å². The molecule has 0 unspecified atom stereocenters.